The van der Waals surface area contributed by atoms with Crippen molar-refractivity contribution >= 4 is 19.8 Å². The van der Waals surface area contributed by atoms with Gasteiger partial charge in [0.05, 0.1) is 17.7 Å². The summed E-state index contributed by atoms with van der Waals surface area (Å²) in [5.41, 5.74) is 0.507. The lowest BCUT2D eigenvalue weighted by Crippen LogP contribution is -2.32. The van der Waals surface area contributed by atoms with Crippen LogP contribution in [0.25, 0.3) is 0 Å². The maximum absolute atomic E-state index is 11.9. The first-order chi connectivity index (χ1) is 9.99. The predicted octanol–water partition coefficient (Wildman–Crippen LogP) is 0.769. The average Bonchev–Trinajstić information content (AvgIpc) is 2.73. The second-order valence-corrected chi connectivity index (χ2v) is 5.28. The molecule has 1 aromatic rings. The van der Waals surface area contributed by atoms with E-state index in [9.17, 15) is 9.59 Å². The zero-order chi connectivity index (χ0) is 15.4. The van der Waals surface area contributed by atoms with E-state index in [-0.39, 0.29) is 42.7 Å². The van der Waals surface area contributed by atoms with E-state index in [0.29, 0.717) is 5.56 Å². The Labute approximate surface area is 125 Å². The summed E-state index contributed by atoms with van der Waals surface area (Å²) >= 11 is 0. The minimum Gasteiger partial charge on any atom is -0.460 e. The Morgan fingerprint density at radius 1 is 1.29 bits per heavy atom. The van der Waals surface area contributed by atoms with Crippen molar-refractivity contribution in [3.8, 4) is 0 Å². The van der Waals surface area contributed by atoms with E-state index < -0.39 is 0 Å². The number of hydrogen-bond acceptors (Lipinski definition) is 5. The van der Waals surface area contributed by atoms with Crippen LogP contribution in [0.5, 0.6) is 0 Å². The Bertz CT molecular complexity index is 504. The first-order valence-electron chi connectivity index (χ1n) is 7.04. The van der Waals surface area contributed by atoms with Gasteiger partial charge in [-0.25, -0.2) is 4.79 Å². The van der Waals surface area contributed by atoms with E-state index in [2.05, 4.69) is 0 Å². The molecule has 5 nitrogen and oxygen atoms in total. The molecule has 1 fully saturated rings. The molecule has 0 unspecified atom stereocenters. The van der Waals surface area contributed by atoms with Crippen molar-refractivity contribution in [2.24, 2.45) is 5.92 Å². The van der Waals surface area contributed by atoms with Crippen molar-refractivity contribution < 1.29 is 23.8 Å². The summed E-state index contributed by atoms with van der Waals surface area (Å²) in [4.78, 5) is 23.0. The maximum atomic E-state index is 11.9. The molecule has 21 heavy (non-hydrogen) atoms. The second-order valence-electron chi connectivity index (χ2n) is 5.28. The van der Waals surface area contributed by atoms with Crippen LogP contribution in [-0.4, -0.2) is 44.6 Å². The van der Waals surface area contributed by atoms with E-state index >= 15 is 0 Å². The van der Waals surface area contributed by atoms with Crippen LogP contribution in [0.2, 0.25) is 0 Å². The number of carbonyl (C=O) groups excluding carboxylic acids is 2. The molecule has 0 saturated carbocycles. The molecule has 0 amide bonds. The van der Waals surface area contributed by atoms with Gasteiger partial charge in [0.15, 0.2) is 0 Å². The highest BCUT2D eigenvalue weighted by Crippen LogP contribution is 2.28. The van der Waals surface area contributed by atoms with Gasteiger partial charge in [-0.2, -0.15) is 0 Å². The third-order valence-corrected chi connectivity index (χ3v) is 3.65. The normalized spacial score (nSPS) is 28.1. The van der Waals surface area contributed by atoms with Crippen LogP contribution in [0.15, 0.2) is 30.3 Å². The lowest BCUT2D eigenvalue weighted by molar-refractivity contribution is -0.148. The monoisotopic (exact) mass is 290 g/mol. The summed E-state index contributed by atoms with van der Waals surface area (Å²) in [6, 6.07) is 8.60. The molecule has 0 bridgehead atoms. The molecule has 6 heteroatoms. The Hall–Kier alpha value is -1.82. The lowest BCUT2D eigenvalue weighted by Gasteiger charge is -2.19. The molecule has 1 saturated heterocycles. The van der Waals surface area contributed by atoms with Gasteiger partial charge in [-0.1, -0.05) is 25.1 Å². The lowest BCUT2D eigenvalue weighted by atomic mass is 9.88. The Balaban J connectivity index is 1.89. The summed E-state index contributed by atoms with van der Waals surface area (Å²) < 4.78 is 16.3. The highest BCUT2D eigenvalue weighted by molar-refractivity contribution is 6.11. The zero-order valence-electron chi connectivity index (χ0n) is 12.4. The minimum absolute atomic E-state index is 0.0209. The third-order valence-electron chi connectivity index (χ3n) is 3.65. The fraction of sp³-hybridized carbons (Fsp3) is 0.467. The van der Waals surface area contributed by atoms with Crippen LogP contribution in [0, 0.1) is 5.92 Å². The van der Waals surface area contributed by atoms with Gasteiger partial charge in [-0.3, -0.25) is 4.79 Å². The van der Waals surface area contributed by atoms with E-state index in [1.54, 1.807) is 24.3 Å². The van der Waals surface area contributed by atoms with Crippen LogP contribution in [0.4, 0.5) is 0 Å². The molecule has 1 aliphatic heterocycles. The number of esters is 2. The van der Waals surface area contributed by atoms with Crippen LogP contribution in [0.3, 0.4) is 0 Å². The summed E-state index contributed by atoms with van der Waals surface area (Å²) in [6.45, 7) is 3.46. The average molecular weight is 290 g/mol. The molecule has 1 aliphatic rings. The fourth-order valence-electron chi connectivity index (χ4n) is 2.52. The highest BCUT2D eigenvalue weighted by Gasteiger charge is 2.41. The SMILES string of the molecule is B[C@@H]1O[C@H](COC(=O)c2ccccc2)[C@@H](C)[C@H]1OC(C)=O. The summed E-state index contributed by atoms with van der Waals surface area (Å²) in [5.74, 6) is -0.730. The molecule has 0 N–H and O–H groups in total. The van der Waals surface area contributed by atoms with Crippen molar-refractivity contribution in [1.82, 2.24) is 0 Å². The number of benzene rings is 1. The van der Waals surface area contributed by atoms with Crippen molar-refractivity contribution in [3.05, 3.63) is 35.9 Å². The Morgan fingerprint density at radius 3 is 2.57 bits per heavy atom. The smallest absolute Gasteiger partial charge is 0.338 e. The topological polar surface area (TPSA) is 61.8 Å². The quantitative estimate of drug-likeness (QED) is 0.605. The van der Waals surface area contributed by atoms with E-state index in [1.807, 2.05) is 20.8 Å². The zero-order valence-corrected chi connectivity index (χ0v) is 12.4. The minimum atomic E-state index is -0.380. The van der Waals surface area contributed by atoms with Crippen LogP contribution < -0.4 is 0 Å². The van der Waals surface area contributed by atoms with Crippen molar-refractivity contribution in [1.29, 1.82) is 0 Å². The fourth-order valence-corrected chi connectivity index (χ4v) is 2.52. The molecular weight excluding hydrogens is 271 g/mol. The van der Waals surface area contributed by atoms with Gasteiger partial charge in [0.25, 0.3) is 0 Å². The molecule has 0 aliphatic carbocycles. The highest BCUT2D eigenvalue weighted by atomic mass is 16.6. The number of ether oxygens (including phenoxy) is 3. The summed E-state index contributed by atoms with van der Waals surface area (Å²) in [7, 11) is 1.85. The van der Waals surface area contributed by atoms with Gasteiger partial charge in [0.2, 0.25) is 0 Å². The van der Waals surface area contributed by atoms with Gasteiger partial charge in [-0.05, 0) is 12.1 Å². The first-order valence-corrected chi connectivity index (χ1v) is 7.04. The molecule has 112 valence electrons. The number of carbonyl (C=O) groups is 2. The van der Waals surface area contributed by atoms with Crippen LogP contribution in [-0.2, 0) is 19.0 Å². The number of rotatable bonds is 4. The van der Waals surface area contributed by atoms with Gasteiger partial charge in [0.1, 0.15) is 20.6 Å². The van der Waals surface area contributed by atoms with E-state index in [1.165, 1.54) is 6.92 Å². The predicted molar refractivity (Wildman–Crippen MR) is 78.6 cm³/mol. The molecule has 0 spiro atoms. The number of hydrogen-bond donors (Lipinski definition) is 0. The van der Waals surface area contributed by atoms with Crippen molar-refractivity contribution in [3.63, 3.8) is 0 Å². The molecule has 1 aromatic carbocycles. The maximum Gasteiger partial charge on any atom is 0.338 e. The molecule has 2 rings (SSSR count). The molecule has 0 aromatic heterocycles. The van der Waals surface area contributed by atoms with Gasteiger partial charge in [0, 0.05) is 12.8 Å². The van der Waals surface area contributed by atoms with E-state index in [0.717, 1.165) is 0 Å². The van der Waals surface area contributed by atoms with Gasteiger partial charge >= 0.3 is 11.9 Å². The standard InChI is InChI=1S/C15H19BO5/c1-9-12(21-14(16)13(9)20-10(2)17)8-19-15(18)11-6-4-3-5-7-11/h3-7,9,12-14H,8,16H2,1-2H3/t9-,12-,13-,14-/m1/s1. The largest absolute Gasteiger partial charge is 0.460 e. The molecule has 0 radical (unpaired) electrons. The van der Waals surface area contributed by atoms with Crippen LogP contribution >= 0.6 is 0 Å². The van der Waals surface area contributed by atoms with Gasteiger partial charge < -0.3 is 14.2 Å². The molecule has 1 heterocycles. The second kappa shape index (κ2) is 6.76. The van der Waals surface area contributed by atoms with Crippen molar-refractivity contribution in [2.75, 3.05) is 6.61 Å². The summed E-state index contributed by atoms with van der Waals surface area (Å²) in [6.07, 6.45) is -0.570. The third kappa shape index (κ3) is 3.85. The molecule has 4 atom stereocenters. The van der Waals surface area contributed by atoms with E-state index in [4.69, 9.17) is 14.2 Å². The summed E-state index contributed by atoms with van der Waals surface area (Å²) in [5, 5.41) is 0. The molecular formula is C15H19BO5. The Morgan fingerprint density at radius 2 is 1.95 bits per heavy atom. The van der Waals surface area contributed by atoms with Crippen LogP contribution in [0.1, 0.15) is 24.2 Å². The first kappa shape index (κ1) is 15.6. The Kier molecular flexibility index (Phi) is 5.01. The van der Waals surface area contributed by atoms with Crippen molar-refractivity contribution in [2.45, 2.75) is 32.1 Å². The van der Waals surface area contributed by atoms with Gasteiger partial charge in [-0.15, -0.1) is 0 Å².